The average Bonchev–Trinajstić information content (AvgIpc) is 2.65. The molecule has 0 aromatic rings. The van der Waals surface area contributed by atoms with Crippen molar-refractivity contribution in [3.63, 3.8) is 0 Å². The van der Waals surface area contributed by atoms with Gasteiger partial charge in [-0.25, -0.2) is 0 Å². The van der Waals surface area contributed by atoms with Gasteiger partial charge < -0.3 is 4.43 Å². The Kier molecular flexibility index (Phi) is 8.61. The Morgan fingerprint density at radius 2 is 1.74 bits per heavy atom. The van der Waals surface area contributed by atoms with Crippen LogP contribution in [0.5, 0.6) is 0 Å². The van der Waals surface area contributed by atoms with E-state index in [4.69, 9.17) is 4.43 Å². The predicted molar refractivity (Wildman–Crippen MR) is 119 cm³/mol. The third-order valence-electron chi connectivity index (χ3n) is 8.52. The normalized spacial score (nSPS) is 31.4. The third kappa shape index (κ3) is 5.26. The minimum absolute atomic E-state index is 0.282. The van der Waals surface area contributed by atoms with Crippen LogP contribution in [0.4, 0.5) is 0 Å². The number of ketones is 1. The van der Waals surface area contributed by atoms with E-state index >= 15 is 0 Å². The predicted octanol–water partition coefficient (Wildman–Crippen LogP) is 7.38. The molecule has 0 aromatic carbocycles. The lowest BCUT2D eigenvalue weighted by atomic mass is 9.52. The van der Waals surface area contributed by atoms with Crippen molar-refractivity contribution in [3.8, 4) is 0 Å². The van der Waals surface area contributed by atoms with Gasteiger partial charge in [0.1, 0.15) is 5.78 Å². The molecule has 0 aromatic heterocycles. The number of fused-ring (bicyclic) bond motifs is 1. The second-order valence-electron chi connectivity index (χ2n) is 10.00. The molecule has 0 saturated heterocycles. The van der Waals surface area contributed by atoms with Gasteiger partial charge in [0.15, 0.2) is 8.32 Å². The zero-order valence-electron chi connectivity index (χ0n) is 19.1. The highest BCUT2D eigenvalue weighted by Crippen LogP contribution is 2.55. The summed E-state index contributed by atoms with van der Waals surface area (Å²) in [5.74, 6) is 2.41. The van der Waals surface area contributed by atoms with Gasteiger partial charge in [-0.1, -0.05) is 53.9 Å². The molecule has 2 aliphatic rings. The largest absolute Gasteiger partial charge is 0.414 e. The lowest BCUT2D eigenvalue weighted by Gasteiger charge is -2.52. The first-order chi connectivity index (χ1) is 12.8. The van der Waals surface area contributed by atoms with Gasteiger partial charge in [-0.05, 0) is 74.4 Å². The monoisotopic (exact) mass is 394 g/mol. The molecule has 5 atom stereocenters. The standard InChI is InChI=1S/C24H46O2Si/c1-7-27(8-2,9-3)26-20(5)14-10-13-19(4)21-15-11-16-22-23(25)17-12-18-24(21,22)6/h19-22H,7-18H2,1-6H3/t19-,20?,21+,22+,24+/m0/s1. The number of carbonyl (C=O) groups is 1. The maximum Gasteiger partial charge on any atom is 0.192 e. The Hall–Kier alpha value is -0.153. The van der Waals surface area contributed by atoms with Gasteiger partial charge in [-0.2, -0.15) is 0 Å². The van der Waals surface area contributed by atoms with Gasteiger partial charge in [-0.15, -0.1) is 0 Å². The van der Waals surface area contributed by atoms with Crippen LogP contribution >= 0.6 is 0 Å². The van der Waals surface area contributed by atoms with Crippen LogP contribution in [0.15, 0.2) is 0 Å². The van der Waals surface area contributed by atoms with Gasteiger partial charge in [0, 0.05) is 18.4 Å². The Morgan fingerprint density at radius 1 is 1.07 bits per heavy atom. The summed E-state index contributed by atoms with van der Waals surface area (Å²) in [4.78, 5) is 12.5. The number of hydrogen-bond acceptors (Lipinski definition) is 2. The summed E-state index contributed by atoms with van der Waals surface area (Å²) in [6.07, 6.45) is 11.2. The number of carbonyl (C=O) groups excluding carboxylic acids is 1. The molecule has 2 saturated carbocycles. The van der Waals surface area contributed by atoms with Gasteiger partial charge in [-0.3, -0.25) is 4.79 Å². The van der Waals surface area contributed by atoms with Crippen LogP contribution in [0.1, 0.15) is 99.3 Å². The Balaban J connectivity index is 1.86. The summed E-state index contributed by atoms with van der Waals surface area (Å²) in [5, 5.41) is 0. The average molecular weight is 395 g/mol. The van der Waals surface area contributed by atoms with Crippen molar-refractivity contribution in [1.29, 1.82) is 0 Å². The van der Waals surface area contributed by atoms with E-state index in [1.165, 1.54) is 56.7 Å². The molecule has 0 radical (unpaired) electrons. The zero-order valence-corrected chi connectivity index (χ0v) is 20.1. The van der Waals surface area contributed by atoms with Crippen LogP contribution in [0, 0.1) is 23.2 Å². The lowest BCUT2D eigenvalue weighted by Crippen LogP contribution is -2.47. The van der Waals surface area contributed by atoms with E-state index in [2.05, 4.69) is 41.5 Å². The van der Waals surface area contributed by atoms with Gasteiger partial charge >= 0.3 is 0 Å². The minimum Gasteiger partial charge on any atom is -0.414 e. The molecule has 0 amide bonds. The molecular weight excluding hydrogens is 348 g/mol. The van der Waals surface area contributed by atoms with Gasteiger partial charge in [0.2, 0.25) is 0 Å². The summed E-state index contributed by atoms with van der Waals surface area (Å²) in [6, 6.07) is 3.74. The maximum atomic E-state index is 12.5. The highest BCUT2D eigenvalue weighted by molar-refractivity contribution is 6.73. The van der Waals surface area contributed by atoms with Crippen LogP contribution in [0.25, 0.3) is 0 Å². The molecule has 0 aliphatic heterocycles. The molecule has 0 spiro atoms. The molecule has 1 unspecified atom stereocenters. The minimum atomic E-state index is -1.47. The van der Waals surface area contributed by atoms with Crippen molar-refractivity contribution in [3.05, 3.63) is 0 Å². The van der Waals surface area contributed by atoms with E-state index in [0.717, 1.165) is 31.1 Å². The van der Waals surface area contributed by atoms with Gasteiger partial charge in [0.05, 0.1) is 0 Å². The lowest BCUT2D eigenvalue weighted by molar-refractivity contribution is -0.137. The molecule has 0 N–H and O–H groups in total. The number of rotatable bonds is 10. The molecule has 2 fully saturated rings. The fourth-order valence-corrected chi connectivity index (χ4v) is 9.49. The first kappa shape index (κ1) is 23.1. The maximum absolute atomic E-state index is 12.5. The van der Waals surface area contributed by atoms with Gasteiger partial charge in [0.25, 0.3) is 0 Å². The summed E-state index contributed by atoms with van der Waals surface area (Å²) in [7, 11) is -1.47. The fraction of sp³-hybridized carbons (Fsp3) is 0.958. The number of Topliss-reactive ketones (excluding diaryl/α,β-unsaturated/α-hetero) is 1. The first-order valence-corrected chi connectivity index (χ1v) is 14.5. The van der Waals surface area contributed by atoms with Crippen molar-refractivity contribution >= 4 is 14.1 Å². The van der Waals surface area contributed by atoms with Crippen LogP contribution < -0.4 is 0 Å². The van der Waals surface area contributed by atoms with Crippen LogP contribution in [0.2, 0.25) is 18.1 Å². The molecule has 3 heteroatoms. The molecule has 2 rings (SSSR count). The smallest absolute Gasteiger partial charge is 0.192 e. The molecule has 0 heterocycles. The zero-order chi connectivity index (χ0) is 20.1. The van der Waals surface area contributed by atoms with E-state index in [1.54, 1.807) is 0 Å². The van der Waals surface area contributed by atoms with Crippen molar-refractivity contribution in [1.82, 2.24) is 0 Å². The van der Waals surface area contributed by atoms with Crippen LogP contribution in [-0.2, 0) is 9.22 Å². The summed E-state index contributed by atoms with van der Waals surface area (Å²) >= 11 is 0. The Labute approximate surface area is 170 Å². The molecular formula is C24H46O2Si. The van der Waals surface area contributed by atoms with E-state index in [0.29, 0.717) is 17.8 Å². The van der Waals surface area contributed by atoms with E-state index in [-0.39, 0.29) is 5.41 Å². The fourth-order valence-electron chi connectivity index (χ4n) is 6.51. The topological polar surface area (TPSA) is 26.3 Å². The van der Waals surface area contributed by atoms with Crippen molar-refractivity contribution in [2.24, 2.45) is 23.2 Å². The molecule has 0 bridgehead atoms. The highest BCUT2D eigenvalue weighted by atomic mass is 28.4. The third-order valence-corrected chi connectivity index (χ3v) is 13.3. The Morgan fingerprint density at radius 3 is 2.37 bits per heavy atom. The second kappa shape index (κ2) is 10.0. The summed E-state index contributed by atoms with van der Waals surface area (Å²) < 4.78 is 6.63. The molecule has 27 heavy (non-hydrogen) atoms. The summed E-state index contributed by atoms with van der Waals surface area (Å²) in [5.41, 5.74) is 0.282. The summed E-state index contributed by atoms with van der Waals surface area (Å²) in [6.45, 7) is 14.2. The SMILES string of the molecule is CC[Si](CC)(CC)OC(C)CCC[C@H](C)[C@H]1CCC[C@@H]2C(=O)CCC[C@@]21C. The van der Waals surface area contributed by atoms with E-state index < -0.39 is 8.32 Å². The molecule has 2 aliphatic carbocycles. The molecule has 2 nitrogen and oxygen atoms in total. The van der Waals surface area contributed by atoms with Crippen molar-refractivity contribution in [2.45, 2.75) is 124 Å². The highest BCUT2D eigenvalue weighted by Gasteiger charge is 2.49. The van der Waals surface area contributed by atoms with E-state index in [9.17, 15) is 4.79 Å². The van der Waals surface area contributed by atoms with Crippen LogP contribution in [-0.4, -0.2) is 20.2 Å². The number of hydrogen-bond donors (Lipinski definition) is 0. The van der Waals surface area contributed by atoms with Crippen molar-refractivity contribution < 1.29 is 9.22 Å². The second-order valence-corrected chi connectivity index (χ2v) is 14.7. The first-order valence-electron chi connectivity index (χ1n) is 12.0. The van der Waals surface area contributed by atoms with Crippen molar-refractivity contribution in [2.75, 3.05) is 0 Å². The quantitative estimate of drug-likeness (QED) is 0.361. The molecule has 158 valence electrons. The van der Waals surface area contributed by atoms with Crippen LogP contribution in [0.3, 0.4) is 0 Å². The van der Waals surface area contributed by atoms with E-state index in [1.807, 2.05) is 0 Å². The Bertz CT molecular complexity index is 465.